The van der Waals surface area contributed by atoms with Crippen molar-refractivity contribution >= 4 is 17.6 Å². The van der Waals surface area contributed by atoms with Gasteiger partial charge in [-0.2, -0.15) is 0 Å². The first kappa shape index (κ1) is 15.2. The van der Waals surface area contributed by atoms with Crippen molar-refractivity contribution in [2.24, 2.45) is 0 Å². The molecule has 1 atom stereocenters. The van der Waals surface area contributed by atoms with Gasteiger partial charge in [-0.15, -0.1) is 0 Å². The van der Waals surface area contributed by atoms with Crippen LogP contribution in [0.25, 0.3) is 0 Å². The minimum atomic E-state index is -0.514. The molecule has 1 amide bonds. The second-order valence-electron chi connectivity index (χ2n) is 4.99. The summed E-state index contributed by atoms with van der Waals surface area (Å²) in [7, 11) is 2.84. The number of nitrogens with zero attached hydrogens (tertiary/aromatic N) is 1. The fraction of sp³-hybridized carbons (Fsp3) is 0.467. The van der Waals surface area contributed by atoms with Gasteiger partial charge in [-0.1, -0.05) is 0 Å². The summed E-state index contributed by atoms with van der Waals surface area (Å²) in [6, 6.07) is 4.35. The molecule has 1 heterocycles. The van der Waals surface area contributed by atoms with Crippen molar-refractivity contribution in [2.75, 3.05) is 26.5 Å². The molecule has 6 heteroatoms. The van der Waals surface area contributed by atoms with Gasteiger partial charge in [0.15, 0.2) is 0 Å². The number of ether oxygens (including phenoxy) is 2. The Kier molecular flexibility index (Phi) is 4.67. The zero-order chi connectivity index (χ0) is 15.4. The number of rotatable bonds is 3. The van der Waals surface area contributed by atoms with Crippen molar-refractivity contribution in [1.82, 2.24) is 4.90 Å². The molecule has 1 unspecified atom stereocenters. The van der Waals surface area contributed by atoms with Gasteiger partial charge in [0.2, 0.25) is 0 Å². The predicted octanol–water partition coefficient (Wildman–Crippen LogP) is 1.45. The normalized spacial score (nSPS) is 18.2. The van der Waals surface area contributed by atoms with E-state index in [1.165, 1.54) is 14.2 Å². The molecule has 1 aromatic carbocycles. The zero-order valence-electron chi connectivity index (χ0n) is 12.3. The van der Waals surface area contributed by atoms with Crippen LogP contribution in [0.1, 0.15) is 29.6 Å². The summed E-state index contributed by atoms with van der Waals surface area (Å²) in [5, 5.41) is 0. The van der Waals surface area contributed by atoms with Crippen LogP contribution >= 0.6 is 0 Å². The number of nitrogens with two attached hydrogens (primary N) is 1. The van der Waals surface area contributed by atoms with Crippen LogP contribution in [0.4, 0.5) is 5.69 Å². The third-order valence-electron chi connectivity index (χ3n) is 3.72. The SMILES string of the molecule is COC(=O)C1CCCCN1C(=O)c1ccc(N)c(OC)c1. The molecule has 1 aromatic rings. The number of hydrogen-bond donors (Lipinski definition) is 1. The van der Waals surface area contributed by atoms with Crippen molar-refractivity contribution in [3.8, 4) is 5.75 Å². The highest BCUT2D eigenvalue weighted by Crippen LogP contribution is 2.25. The van der Waals surface area contributed by atoms with E-state index >= 15 is 0 Å². The first-order valence-electron chi connectivity index (χ1n) is 6.90. The molecule has 0 radical (unpaired) electrons. The van der Waals surface area contributed by atoms with E-state index in [1.54, 1.807) is 23.1 Å². The van der Waals surface area contributed by atoms with Gasteiger partial charge in [-0.05, 0) is 37.5 Å². The lowest BCUT2D eigenvalue weighted by Gasteiger charge is -2.33. The number of hydrogen-bond acceptors (Lipinski definition) is 5. The number of piperidine rings is 1. The quantitative estimate of drug-likeness (QED) is 0.673. The van der Waals surface area contributed by atoms with Crippen molar-refractivity contribution in [1.29, 1.82) is 0 Å². The molecule has 6 nitrogen and oxygen atoms in total. The van der Waals surface area contributed by atoms with E-state index in [0.717, 1.165) is 12.8 Å². The number of amides is 1. The highest BCUT2D eigenvalue weighted by molar-refractivity contribution is 5.97. The third-order valence-corrected chi connectivity index (χ3v) is 3.72. The number of benzene rings is 1. The third kappa shape index (κ3) is 3.09. The van der Waals surface area contributed by atoms with Crippen LogP contribution in [0.3, 0.4) is 0 Å². The molecule has 21 heavy (non-hydrogen) atoms. The first-order chi connectivity index (χ1) is 10.1. The lowest BCUT2D eigenvalue weighted by Crippen LogP contribution is -2.48. The summed E-state index contributed by atoms with van der Waals surface area (Å²) in [4.78, 5) is 26.0. The minimum Gasteiger partial charge on any atom is -0.495 e. The number of carbonyl (C=O) groups is 2. The Balaban J connectivity index is 2.26. The second-order valence-corrected chi connectivity index (χ2v) is 4.99. The van der Waals surface area contributed by atoms with E-state index in [9.17, 15) is 9.59 Å². The summed E-state index contributed by atoms with van der Waals surface area (Å²) < 4.78 is 9.92. The van der Waals surface area contributed by atoms with Crippen molar-refractivity contribution in [3.63, 3.8) is 0 Å². The summed E-state index contributed by atoms with van der Waals surface area (Å²) in [5.41, 5.74) is 6.68. The number of carbonyl (C=O) groups excluding carboxylic acids is 2. The molecule has 0 aromatic heterocycles. The van der Waals surface area contributed by atoms with Crippen molar-refractivity contribution in [3.05, 3.63) is 23.8 Å². The molecule has 1 aliphatic rings. The number of nitrogen functional groups attached to an aromatic ring is 1. The molecule has 114 valence electrons. The van der Waals surface area contributed by atoms with Gasteiger partial charge < -0.3 is 20.1 Å². The predicted molar refractivity (Wildman–Crippen MR) is 78.1 cm³/mol. The van der Waals surface area contributed by atoms with E-state index < -0.39 is 6.04 Å². The van der Waals surface area contributed by atoms with E-state index in [4.69, 9.17) is 15.2 Å². The minimum absolute atomic E-state index is 0.205. The van der Waals surface area contributed by atoms with E-state index in [1.807, 2.05) is 0 Å². The Morgan fingerprint density at radius 2 is 2.05 bits per heavy atom. The van der Waals surface area contributed by atoms with Crippen LogP contribution in [0.15, 0.2) is 18.2 Å². The van der Waals surface area contributed by atoms with Crippen LogP contribution < -0.4 is 10.5 Å². The molecule has 0 spiro atoms. The standard InChI is InChI=1S/C15H20N2O4/c1-20-13-9-10(6-7-11(13)16)14(18)17-8-4-3-5-12(17)15(19)21-2/h6-7,9,12H,3-5,8,16H2,1-2H3. The molecular weight excluding hydrogens is 272 g/mol. The maximum Gasteiger partial charge on any atom is 0.328 e. The fourth-order valence-corrected chi connectivity index (χ4v) is 2.57. The Hall–Kier alpha value is -2.24. The smallest absolute Gasteiger partial charge is 0.328 e. The Bertz CT molecular complexity index is 544. The zero-order valence-corrected chi connectivity index (χ0v) is 12.3. The molecule has 2 rings (SSSR count). The van der Waals surface area contributed by atoms with Gasteiger partial charge in [0.05, 0.1) is 19.9 Å². The van der Waals surface area contributed by atoms with Gasteiger partial charge in [-0.25, -0.2) is 4.79 Å². The molecule has 1 fully saturated rings. The van der Waals surface area contributed by atoms with Crippen LogP contribution in [0, 0.1) is 0 Å². The van der Waals surface area contributed by atoms with Gasteiger partial charge in [-0.3, -0.25) is 4.79 Å². The lowest BCUT2D eigenvalue weighted by molar-refractivity contribution is -0.147. The molecular formula is C15H20N2O4. The Morgan fingerprint density at radius 1 is 1.29 bits per heavy atom. The lowest BCUT2D eigenvalue weighted by atomic mass is 10.0. The summed E-state index contributed by atoms with van der Waals surface area (Å²) >= 11 is 0. The average Bonchev–Trinajstić information content (AvgIpc) is 2.54. The first-order valence-corrected chi connectivity index (χ1v) is 6.90. The maximum atomic E-state index is 12.6. The highest BCUT2D eigenvalue weighted by Gasteiger charge is 2.33. The van der Waals surface area contributed by atoms with Crippen molar-refractivity contribution in [2.45, 2.75) is 25.3 Å². The number of esters is 1. The Labute approximate surface area is 123 Å². The molecule has 0 bridgehead atoms. The summed E-state index contributed by atoms with van der Waals surface area (Å²) in [6.07, 6.45) is 2.42. The number of methoxy groups -OCH3 is 2. The number of likely N-dealkylation sites (tertiary alicyclic amines) is 1. The van der Waals surface area contributed by atoms with Crippen molar-refractivity contribution < 1.29 is 19.1 Å². The molecule has 1 aliphatic heterocycles. The van der Waals surface area contributed by atoms with Crippen LogP contribution in [-0.4, -0.2) is 43.6 Å². The maximum absolute atomic E-state index is 12.6. The monoisotopic (exact) mass is 292 g/mol. The van der Waals surface area contributed by atoms with E-state index in [0.29, 0.717) is 30.0 Å². The topological polar surface area (TPSA) is 81.9 Å². The average molecular weight is 292 g/mol. The van der Waals surface area contributed by atoms with Crippen LogP contribution in [-0.2, 0) is 9.53 Å². The van der Waals surface area contributed by atoms with E-state index in [2.05, 4.69) is 0 Å². The molecule has 0 aliphatic carbocycles. The number of anilines is 1. The largest absolute Gasteiger partial charge is 0.495 e. The van der Waals surface area contributed by atoms with E-state index in [-0.39, 0.29) is 11.9 Å². The fourth-order valence-electron chi connectivity index (χ4n) is 2.57. The van der Waals surface area contributed by atoms with Gasteiger partial charge in [0.25, 0.3) is 5.91 Å². The van der Waals surface area contributed by atoms with Crippen LogP contribution in [0.2, 0.25) is 0 Å². The summed E-state index contributed by atoms with van der Waals surface area (Å²) in [6.45, 7) is 0.547. The van der Waals surface area contributed by atoms with Gasteiger partial charge in [0.1, 0.15) is 11.8 Å². The van der Waals surface area contributed by atoms with Gasteiger partial charge in [0, 0.05) is 12.1 Å². The molecule has 1 saturated heterocycles. The van der Waals surface area contributed by atoms with Crippen LogP contribution in [0.5, 0.6) is 5.75 Å². The van der Waals surface area contributed by atoms with Gasteiger partial charge >= 0.3 is 5.97 Å². The molecule has 2 N–H and O–H groups in total. The molecule has 0 saturated carbocycles. The summed E-state index contributed by atoms with van der Waals surface area (Å²) in [5.74, 6) is -0.124. The highest BCUT2D eigenvalue weighted by atomic mass is 16.5. The second kappa shape index (κ2) is 6.47. The Morgan fingerprint density at radius 3 is 2.71 bits per heavy atom.